The molecule has 0 fully saturated rings. The summed E-state index contributed by atoms with van der Waals surface area (Å²) in [6, 6.07) is 11.7. The second kappa shape index (κ2) is 5.71. The highest BCUT2D eigenvalue weighted by atomic mass is 32.2. The zero-order valence-corrected chi connectivity index (χ0v) is 14.8. The van der Waals surface area contributed by atoms with Gasteiger partial charge in [-0.05, 0) is 54.8 Å². The summed E-state index contributed by atoms with van der Waals surface area (Å²) in [6.07, 6.45) is 2.04. The molecule has 3 aromatic rings. The molecule has 0 unspecified atom stereocenters. The van der Waals surface area contributed by atoms with E-state index in [-0.39, 0.29) is 10.5 Å². The van der Waals surface area contributed by atoms with Crippen molar-refractivity contribution < 1.29 is 8.42 Å². The number of hydrogen-bond acceptors (Lipinski definition) is 4. The average Bonchev–Trinajstić information content (AvgIpc) is 3.07. The van der Waals surface area contributed by atoms with Crippen molar-refractivity contribution in [2.45, 2.75) is 18.2 Å². The van der Waals surface area contributed by atoms with Gasteiger partial charge in [0.15, 0.2) is 0 Å². The van der Waals surface area contributed by atoms with Crippen LogP contribution in [0.2, 0.25) is 0 Å². The molecule has 2 heterocycles. The highest BCUT2D eigenvalue weighted by Gasteiger charge is 2.33. The van der Waals surface area contributed by atoms with E-state index in [1.807, 2.05) is 6.92 Å². The van der Waals surface area contributed by atoms with Crippen LogP contribution in [0.5, 0.6) is 0 Å². The van der Waals surface area contributed by atoms with E-state index >= 15 is 0 Å². The number of aromatic amines is 1. The van der Waals surface area contributed by atoms with Crippen molar-refractivity contribution in [3.05, 3.63) is 69.6 Å². The van der Waals surface area contributed by atoms with Crippen molar-refractivity contribution >= 4 is 26.5 Å². The quantitative estimate of drug-likeness (QED) is 0.755. The highest BCUT2D eigenvalue weighted by Crippen LogP contribution is 2.37. The van der Waals surface area contributed by atoms with Gasteiger partial charge in [-0.15, -0.1) is 0 Å². The molecule has 0 aliphatic carbocycles. The van der Waals surface area contributed by atoms with Crippen LogP contribution in [0.1, 0.15) is 16.7 Å². The topological polar surface area (TPSA) is 94.0 Å². The number of H-pyrrole nitrogens is 1. The molecule has 4 rings (SSSR count). The van der Waals surface area contributed by atoms with Gasteiger partial charge in [0, 0.05) is 23.5 Å². The number of pyridine rings is 1. The number of rotatable bonds is 2. The number of nitriles is 1. The van der Waals surface area contributed by atoms with E-state index in [0.29, 0.717) is 35.0 Å². The highest BCUT2D eigenvalue weighted by molar-refractivity contribution is 7.93. The van der Waals surface area contributed by atoms with E-state index < -0.39 is 10.0 Å². The molecule has 0 radical (unpaired) electrons. The summed E-state index contributed by atoms with van der Waals surface area (Å²) in [6.45, 7) is 2.19. The number of benzene rings is 2. The minimum absolute atomic E-state index is 0.0916. The smallest absolute Gasteiger partial charge is 0.264 e. The minimum Gasteiger partial charge on any atom is -0.329 e. The Kier molecular flexibility index (Phi) is 3.60. The molecule has 0 amide bonds. The summed E-state index contributed by atoms with van der Waals surface area (Å²) >= 11 is 0. The maximum absolute atomic E-state index is 13.4. The van der Waals surface area contributed by atoms with Crippen LogP contribution in [0.25, 0.3) is 10.8 Å². The van der Waals surface area contributed by atoms with Gasteiger partial charge in [-0.2, -0.15) is 5.26 Å². The maximum Gasteiger partial charge on any atom is 0.264 e. The van der Waals surface area contributed by atoms with Gasteiger partial charge in [0.25, 0.3) is 15.6 Å². The predicted molar refractivity (Wildman–Crippen MR) is 98.7 cm³/mol. The molecule has 0 saturated carbocycles. The lowest BCUT2D eigenvalue weighted by atomic mass is 10.0. The minimum atomic E-state index is -3.87. The fourth-order valence-electron chi connectivity index (χ4n) is 3.53. The molecule has 26 heavy (non-hydrogen) atoms. The van der Waals surface area contributed by atoms with Crippen LogP contribution in [0.15, 0.2) is 52.3 Å². The lowest BCUT2D eigenvalue weighted by Crippen LogP contribution is -2.29. The Morgan fingerprint density at radius 3 is 2.77 bits per heavy atom. The SMILES string of the molecule is Cc1cc(C#N)cc2c1CCN2S(=O)(=O)c1cccc2c(=O)[nH]ccc12. The molecule has 0 spiro atoms. The van der Waals surface area contributed by atoms with Crippen molar-refractivity contribution in [3.8, 4) is 6.07 Å². The molecule has 6 nitrogen and oxygen atoms in total. The van der Waals surface area contributed by atoms with Crippen molar-refractivity contribution in [1.29, 1.82) is 5.26 Å². The summed E-state index contributed by atoms with van der Waals surface area (Å²) in [4.78, 5) is 14.7. The Morgan fingerprint density at radius 2 is 2.00 bits per heavy atom. The second-order valence-corrected chi connectivity index (χ2v) is 8.08. The van der Waals surface area contributed by atoms with E-state index in [0.717, 1.165) is 11.1 Å². The number of nitrogens with one attached hydrogen (secondary N) is 1. The molecule has 1 aromatic heterocycles. The Hall–Kier alpha value is -3.11. The van der Waals surface area contributed by atoms with Crippen molar-refractivity contribution in [2.24, 2.45) is 0 Å². The van der Waals surface area contributed by atoms with Gasteiger partial charge in [-0.3, -0.25) is 9.10 Å². The van der Waals surface area contributed by atoms with E-state index in [1.54, 1.807) is 30.3 Å². The third-order valence-electron chi connectivity index (χ3n) is 4.76. The van der Waals surface area contributed by atoms with Crippen molar-refractivity contribution in [2.75, 3.05) is 10.8 Å². The van der Waals surface area contributed by atoms with Gasteiger partial charge in [-0.25, -0.2) is 8.42 Å². The molecular formula is C19H15N3O3S. The van der Waals surface area contributed by atoms with Crippen molar-refractivity contribution in [3.63, 3.8) is 0 Å². The number of fused-ring (bicyclic) bond motifs is 2. The zero-order valence-electron chi connectivity index (χ0n) is 14.0. The van der Waals surface area contributed by atoms with Crippen LogP contribution in [0.3, 0.4) is 0 Å². The molecule has 130 valence electrons. The fourth-order valence-corrected chi connectivity index (χ4v) is 5.23. The number of nitrogens with zero attached hydrogens (tertiary/aromatic N) is 2. The van der Waals surface area contributed by atoms with E-state index in [9.17, 15) is 18.5 Å². The van der Waals surface area contributed by atoms with Crippen molar-refractivity contribution in [1.82, 2.24) is 4.98 Å². The van der Waals surface area contributed by atoms with Crippen LogP contribution >= 0.6 is 0 Å². The lowest BCUT2D eigenvalue weighted by molar-refractivity contribution is 0.593. The number of aryl methyl sites for hydroxylation is 1. The molecular weight excluding hydrogens is 350 g/mol. The Bertz CT molecular complexity index is 1250. The number of hydrogen-bond donors (Lipinski definition) is 1. The Balaban J connectivity index is 1.95. The standard InChI is InChI=1S/C19H15N3O3S/c1-12-9-13(11-20)10-17-14(12)6-8-22(17)26(24,25)18-4-2-3-16-15(18)5-7-21-19(16)23/h2-5,7,9-10H,6,8H2,1H3,(H,21,23). The first kappa shape index (κ1) is 16.4. The Morgan fingerprint density at radius 1 is 1.19 bits per heavy atom. The normalized spacial score (nSPS) is 13.6. The monoisotopic (exact) mass is 365 g/mol. The Labute approximate surface area is 150 Å². The van der Waals surface area contributed by atoms with Gasteiger partial charge in [0.05, 0.1) is 22.2 Å². The average molecular weight is 365 g/mol. The van der Waals surface area contributed by atoms with Gasteiger partial charge in [0.2, 0.25) is 0 Å². The maximum atomic E-state index is 13.4. The van der Waals surface area contributed by atoms with E-state index in [2.05, 4.69) is 11.1 Å². The summed E-state index contributed by atoms with van der Waals surface area (Å²) < 4.78 is 28.1. The molecule has 0 atom stereocenters. The molecule has 1 aliphatic rings. The summed E-state index contributed by atoms with van der Waals surface area (Å²) in [5.74, 6) is 0. The summed E-state index contributed by atoms with van der Waals surface area (Å²) in [5.41, 5.74) is 2.49. The van der Waals surface area contributed by atoms with Gasteiger partial charge in [0.1, 0.15) is 0 Å². The lowest BCUT2D eigenvalue weighted by Gasteiger charge is -2.21. The van der Waals surface area contributed by atoms with Gasteiger partial charge < -0.3 is 4.98 Å². The largest absolute Gasteiger partial charge is 0.329 e. The first-order valence-corrected chi connectivity index (χ1v) is 9.54. The number of anilines is 1. The first-order chi connectivity index (χ1) is 12.4. The number of aromatic nitrogens is 1. The van der Waals surface area contributed by atoms with Crippen LogP contribution < -0.4 is 9.86 Å². The fraction of sp³-hybridized carbons (Fsp3) is 0.158. The first-order valence-electron chi connectivity index (χ1n) is 8.10. The number of sulfonamides is 1. The molecule has 7 heteroatoms. The molecule has 2 aromatic carbocycles. The van der Waals surface area contributed by atoms with E-state index in [1.165, 1.54) is 16.6 Å². The van der Waals surface area contributed by atoms with Crippen LogP contribution in [-0.2, 0) is 16.4 Å². The zero-order chi connectivity index (χ0) is 18.5. The van der Waals surface area contributed by atoms with E-state index in [4.69, 9.17) is 0 Å². The van der Waals surface area contributed by atoms with Crippen LogP contribution in [-0.4, -0.2) is 19.9 Å². The van der Waals surface area contributed by atoms with Crippen LogP contribution in [0.4, 0.5) is 5.69 Å². The molecule has 1 aliphatic heterocycles. The molecule has 1 N–H and O–H groups in total. The van der Waals surface area contributed by atoms with Gasteiger partial charge in [-0.1, -0.05) is 6.07 Å². The van der Waals surface area contributed by atoms with Crippen LogP contribution in [0, 0.1) is 18.3 Å². The summed E-state index contributed by atoms with van der Waals surface area (Å²) in [5, 5.41) is 9.93. The third-order valence-corrected chi connectivity index (χ3v) is 6.63. The summed E-state index contributed by atoms with van der Waals surface area (Å²) in [7, 11) is -3.87. The third kappa shape index (κ3) is 2.30. The predicted octanol–water partition coefficient (Wildman–Crippen LogP) is 2.46. The second-order valence-electron chi connectivity index (χ2n) is 6.25. The van der Waals surface area contributed by atoms with Gasteiger partial charge >= 0.3 is 0 Å². The molecule has 0 bridgehead atoms. The molecule has 0 saturated heterocycles.